The van der Waals surface area contributed by atoms with E-state index >= 15 is 0 Å². The number of anilines is 1. The van der Waals surface area contributed by atoms with Crippen LogP contribution in [0.2, 0.25) is 0 Å². The van der Waals surface area contributed by atoms with Crippen molar-refractivity contribution in [2.45, 2.75) is 19.4 Å². The Kier molecular flexibility index (Phi) is 6.78. The van der Waals surface area contributed by atoms with Crippen LogP contribution >= 0.6 is 0 Å². The van der Waals surface area contributed by atoms with E-state index in [0.717, 1.165) is 50.5 Å². The van der Waals surface area contributed by atoms with Crippen molar-refractivity contribution in [2.24, 2.45) is 0 Å². The fraction of sp³-hybridized carbons (Fsp3) is 0.480. The van der Waals surface area contributed by atoms with Crippen LogP contribution in [0.15, 0.2) is 42.5 Å². The number of aryl methyl sites for hydroxylation is 1. The van der Waals surface area contributed by atoms with Crippen molar-refractivity contribution >= 4 is 11.6 Å². The lowest BCUT2D eigenvalue weighted by Crippen LogP contribution is -2.48. The molecule has 1 fully saturated rings. The summed E-state index contributed by atoms with van der Waals surface area (Å²) in [6.45, 7) is 7.81. The first-order chi connectivity index (χ1) is 15.0. The molecule has 0 aromatic heterocycles. The van der Waals surface area contributed by atoms with Crippen LogP contribution in [-0.2, 0) is 11.2 Å². The molecule has 6 nitrogen and oxygen atoms in total. The topological polar surface area (TPSA) is 48.1 Å². The van der Waals surface area contributed by atoms with Crippen molar-refractivity contribution in [3.8, 4) is 5.75 Å². The molecule has 0 bridgehead atoms. The molecule has 0 aliphatic carbocycles. The second kappa shape index (κ2) is 9.71. The number of likely N-dealkylation sites (N-methyl/N-ethyl adjacent to an activating group) is 2. The van der Waals surface area contributed by atoms with Crippen LogP contribution < -0.4 is 15.0 Å². The third-order valence-electron chi connectivity index (χ3n) is 6.54. The second-order valence-electron chi connectivity index (χ2n) is 8.77. The second-order valence-corrected chi connectivity index (χ2v) is 8.77. The van der Waals surface area contributed by atoms with Gasteiger partial charge in [-0.3, -0.25) is 9.69 Å². The molecule has 2 aromatic rings. The Labute approximate surface area is 185 Å². The lowest BCUT2D eigenvalue weighted by molar-refractivity contribution is -0.123. The zero-order valence-electron chi connectivity index (χ0n) is 18.9. The van der Waals surface area contributed by atoms with E-state index in [-0.39, 0.29) is 18.6 Å². The summed E-state index contributed by atoms with van der Waals surface area (Å²) in [6, 6.07) is 14.8. The van der Waals surface area contributed by atoms with Crippen molar-refractivity contribution in [3.05, 3.63) is 59.2 Å². The van der Waals surface area contributed by atoms with E-state index in [1.807, 2.05) is 31.2 Å². The first kappa shape index (κ1) is 21.7. The number of nitrogens with one attached hydrogen (secondary N) is 1. The van der Waals surface area contributed by atoms with Gasteiger partial charge in [0.25, 0.3) is 5.91 Å². The molecule has 1 amide bonds. The molecule has 0 saturated carbocycles. The SMILES string of the molecule is Cc1ccccc1OCC(=O)NCC(c1ccc2c(c1)CCN2C)N1CCN(C)CC1. The number of piperazine rings is 1. The molecular formula is C25H34N4O2. The highest BCUT2D eigenvalue weighted by atomic mass is 16.5. The summed E-state index contributed by atoms with van der Waals surface area (Å²) < 4.78 is 5.73. The molecule has 1 saturated heterocycles. The Morgan fingerprint density at radius 3 is 2.61 bits per heavy atom. The maximum absolute atomic E-state index is 12.6. The van der Waals surface area contributed by atoms with E-state index < -0.39 is 0 Å². The highest BCUT2D eigenvalue weighted by Crippen LogP contribution is 2.31. The van der Waals surface area contributed by atoms with Crippen molar-refractivity contribution in [1.29, 1.82) is 0 Å². The molecule has 6 heteroatoms. The minimum absolute atomic E-state index is 0.0370. The Bertz CT molecular complexity index is 908. The van der Waals surface area contributed by atoms with E-state index in [9.17, 15) is 4.79 Å². The summed E-state index contributed by atoms with van der Waals surface area (Å²) in [5.74, 6) is 0.680. The number of nitrogens with zero attached hydrogens (tertiary/aromatic N) is 3. The van der Waals surface area contributed by atoms with E-state index in [1.165, 1.54) is 16.8 Å². The highest BCUT2D eigenvalue weighted by molar-refractivity contribution is 5.77. The van der Waals surface area contributed by atoms with E-state index in [2.05, 4.69) is 52.3 Å². The molecule has 2 aliphatic rings. The van der Waals surface area contributed by atoms with E-state index in [0.29, 0.717) is 6.54 Å². The smallest absolute Gasteiger partial charge is 0.258 e. The molecule has 2 aliphatic heterocycles. The lowest BCUT2D eigenvalue weighted by atomic mass is 10.00. The first-order valence-electron chi connectivity index (χ1n) is 11.2. The standard InChI is InChI=1S/C25H34N4O2/c1-19-6-4-5-7-24(19)31-18-25(30)26-17-23(29-14-12-27(2)13-15-29)20-8-9-22-21(16-20)10-11-28(22)3/h4-9,16,23H,10-15,17-18H2,1-3H3,(H,26,30). The van der Waals surface area contributed by atoms with Crippen molar-refractivity contribution in [2.75, 3.05) is 64.9 Å². The Morgan fingerprint density at radius 2 is 1.84 bits per heavy atom. The van der Waals surface area contributed by atoms with Gasteiger partial charge in [-0.05, 0) is 49.2 Å². The van der Waals surface area contributed by atoms with Crippen LogP contribution in [0.1, 0.15) is 22.7 Å². The van der Waals surface area contributed by atoms with Crippen LogP contribution in [0.5, 0.6) is 5.75 Å². The average molecular weight is 423 g/mol. The predicted molar refractivity (Wildman–Crippen MR) is 125 cm³/mol. The molecule has 1 unspecified atom stereocenters. The Hall–Kier alpha value is -2.57. The summed E-state index contributed by atoms with van der Waals surface area (Å²) in [5, 5.41) is 3.13. The van der Waals surface area contributed by atoms with Gasteiger partial charge < -0.3 is 19.9 Å². The normalized spacial score (nSPS) is 18.0. The molecule has 0 radical (unpaired) electrons. The summed E-state index contributed by atoms with van der Waals surface area (Å²) in [6.07, 6.45) is 1.09. The number of fused-ring (bicyclic) bond motifs is 1. The van der Waals surface area contributed by atoms with Gasteiger partial charge in [-0.2, -0.15) is 0 Å². The van der Waals surface area contributed by atoms with Gasteiger partial charge in [0.15, 0.2) is 6.61 Å². The summed E-state index contributed by atoms with van der Waals surface area (Å²) >= 11 is 0. The van der Waals surface area contributed by atoms with Gasteiger partial charge in [-0.15, -0.1) is 0 Å². The van der Waals surface area contributed by atoms with Crippen molar-refractivity contribution in [3.63, 3.8) is 0 Å². The zero-order chi connectivity index (χ0) is 21.8. The number of ether oxygens (including phenoxy) is 1. The Morgan fingerprint density at radius 1 is 1.06 bits per heavy atom. The van der Waals surface area contributed by atoms with E-state index in [4.69, 9.17) is 4.74 Å². The number of carbonyl (C=O) groups excluding carboxylic acids is 1. The number of carbonyl (C=O) groups is 1. The number of rotatable bonds is 7. The summed E-state index contributed by atoms with van der Waals surface area (Å²) in [5.41, 5.74) is 5.07. The first-order valence-corrected chi connectivity index (χ1v) is 11.2. The van der Waals surface area contributed by atoms with Crippen LogP contribution in [0.3, 0.4) is 0 Å². The zero-order valence-corrected chi connectivity index (χ0v) is 18.9. The molecule has 2 heterocycles. The number of hydrogen-bond donors (Lipinski definition) is 1. The maximum atomic E-state index is 12.6. The maximum Gasteiger partial charge on any atom is 0.258 e. The predicted octanol–water partition coefficient (Wildman–Crippen LogP) is 2.47. The fourth-order valence-corrected chi connectivity index (χ4v) is 4.51. The van der Waals surface area contributed by atoms with Crippen LogP contribution in [0.4, 0.5) is 5.69 Å². The number of benzene rings is 2. The average Bonchev–Trinajstić information content (AvgIpc) is 3.15. The lowest BCUT2D eigenvalue weighted by Gasteiger charge is -2.38. The van der Waals surface area contributed by atoms with Gasteiger partial charge in [0, 0.05) is 52.0 Å². The third-order valence-corrected chi connectivity index (χ3v) is 6.54. The molecule has 4 rings (SSSR count). The molecule has 1 atom stereocenters. The minimum atomic E-state index is -0.0803. The molecule has 31 heavy (non-hydrogen) atoms. The van der Waals surface area contributed by atoms with Gasteiger partial charge in [-0.25, -0.2) is 0 Å². The summed E-state index contributed by atoms with van der Waals surface area (Å²) in [7, 11) is 4.32. The quantitative estimate of drug-likeness (QED) is 0.743. The largest absolute Gasteiger partial charge is 0.484 e. The van der Waals surface area contributed by atoms with Gasteiger partial charge in [-0.1, -0.05) is 30.3 Å². The number of amides is 1. The van der Waals surface area contributed by atoms with Gasteiger partial charge in [0.2, 0.25) is 0 Å². The van der Waals surface area contributed by atoms with Gasteiger partial charge in [0.05, 0.1) is 6.04 Å². The fourth-order valence-electron chi connectivity index (χ4n) is 4.51. The van der Waals surface area contributed by atoms with Crippen LogP contribution in [0, 0.1) is 6.92 Å². The molecule has 166 valence electrons. The number of hydrogen-bond acceptors (Lipinski definition) is 5. The minimum Gasteiger partial charge on any atom is -0.484 e. The Balaban J connectivity index is 1.42. The van der Waals surface area contributed by atoms with Gasteiger partial charge >= 0.3 is 0 Å². The third kappa shape index (κ3) is 5.20. The summed E-state index contributed by atoms with van der Waals surface area (Å²) in [4.78, 5) is 19.7. The molecule has 2 aromatic carbocycles. The molecule has 0 spiro atoms. The number of para-hydroxylation sites is 1. The van der Waals surface area contributed by atoms with Crippen LogP contribution in [-0.4, -0.2) is 75.7 Å². The van der Waals surface area contributed by atoms with Crippen LogP contribution in [0.25, 0.3) is 0 Å². The van der Waals surface area contributed by atoms with E-state index in [1.54, 1.807) is 0 Å². The van der Waals surface area contributed by atoms with Gasteiger partial charge in [0.1, 0.15) is 5.75 Å². The van der Waals surface area contributed by atoms with Crippen molar-refractivity contribution < 1.29 is 9.53 Å². The highest BCUT2D eigenvalue weighted by Gasteiger charge is 2.26. The van der Waals surface area contributed by atoms with Crippen molar-refractivity contribution in [1.82, 2.24) is 15.1 Å². The molecule has 1 N–H and O–H groups in total. The monoisotopic (exact) mass is 422 g/mol. The molecular weight excluding hydrogens is 388 g/mol.